The molecule has 0 aliphatic carbocycles. The van der Waals surface area contributed by atoms with Crippen LogP contribution in [0.4, 0.5) is 11.6 Å². The SMILES string of the molecule is C=Nc1ncc(-c2cnn(CCO)c2)nc1N(N)Cc1c[nH]c2ncccc12. The first-order chi connectivity index (χ1) is 13.7. The molecule has 0 aromatic carbocycles. The van der Waals surface area contributed by atoms with Crippen molar-refractivity contribution in [2.24, 2.45) is 10.8 Å². The molecule has 4 N–H and O–H groups in total. The van der Waals surface area contributed by atoms with E-state index in [0.29, 0.717) is 30.4 Å². The minimum Gasteiger partial charge on any atom is -0.394 e. The molecule has 0 amide bonds. The first-order valence-electron chi connectivity index (χ1n) is 8.60. The van der Waals surface area contributed by atoms with E-state index in [9.17, 15) is 0 Å². The minimum atomic E-state index is 0.00737. The molecule has 10 nitrogen and oxygen atoms in total. The number of nitrogens with one attached hydrogen (secondary N) is 1. The summed E-state index contributed by atoms with van der Waals surface area (Å²) in [5, 5.41) is 15.7. The molecule has 28 heavy (non-hydrogen) atoms. The zero-order chi connectivity index (χ0) is 19.5. The van der Waals surface area contributed by atoms with Crippen LogP contribution < -0.4 is 10.9 Å². The Hall–Kier alpha value is -3.63. The maximum atomic E-state index is 9.04. The second-order valence-corrected chi connectivity index (χ2v) is 6.12. The quantitative estimate of drug-likeness (QED) is 0.252. The van der Waals surface area contributed by atoms with Gasteiger partial charge in [0.1, 0.15) is 5.65 Å². The van der Waals surface area contributed by atoms with E-state index in [1.54, 1.807) is 29.5 Å². The summed E-state index contributed by atoms with van der Waals surface area (Å²) in [4.78, 5) is 20.3. The summed E-state index contributed by atoms with van der Waals surface area (Å²) < 4.78 is 1.63. The zero-order valence-corrected chi connectivity index (χ0v) is 15.0. The van der Waals surface area contributed by atoms with Crippen LogP contribution >= 0.6 is 0 Å². The van der Waals surface area contributed by atoms with Crippen molar-refractivity contribution < 1.29 is 5.11 Å². The Kier molecular flexibility index (Phi) is 4.79. The van der Waals surface area contributed by atoms with Crippen molar-refractivity contribution in [2.75, 3.05) is 11.6 Å². The number of aromatic nitrogens is 6. The molecule has 4 heterocycles. The monoisotopic (exact) mass is 377 g/mol. The van der Waals surface area contributed by atoms with Crippen LogP contribution in [0.1, 0.15) is 5.56 Å². The van der Waals surface area contributed by atoms with Crippen LogP contribution in [-0.4, -0.2) is 48.1 Å². The summed E-state index contributed by atoms with van der Waals surface area (Å²) in [6.45, 7) is 4.36. The number of aliphatic hydroxyl groups is 1. The van der Waals surface area contributed by atoms with Crippen LogP contribution in [0.5, 0.6) is 0 Å². The number of hydrazine groups is 1. The lowest BCUT2D eigenvalue weighted by Gasteiger charge is -2.18. The second kappa shape index (κ2) is 7.55. The number of anilines is 1. The lowest BCUT2D eigenvalue weighted by atomic mass is 10.2. The first-order valence-corrected chi connectivity index (χ1v) is 8.60. The van der Waals surface area contributed by atoms with Crippen molar-refractivity contribution in [1.82, 2.24) is 29.7 Å². The third-order valence-corrected chi connectivity index (χ3v) is 4.29. The van der Waals surface area contributed by atoms with Crippen LogP contribution in [0.3, 0.4) is 0 Å². The van der Waals surface area contributed by atoms with Crippen molar-refractivity contribution >= 4 is 29.4 Å². The van der Waals surface area contributed by atoms with Gasteiger partial charge in [-0.1, -0.05) is 0 Å². The summed E-state index contributed by atoms with van der Waals surface area (Å²) in [5.74, 6) is 7.05. The van der Waals surface area contributed by atoms with Crippen molar-refractivity contribution in [2.45, 2.75) is 13.1 Å². The number of pyridine rings is 1. The van der Waals surface area contributed by atoms with Gasteiger partial charge < -0.3 is 10.1 Å². The smallest absolute Gasteiger partial charge is 0.196 e. The number of nitrogens with zero attached hydrogens (tertiary/aromatic N) is 7. The highest BCUT2D eigenvalue weighted by molar-refractivity contribution is 5.80. The predicted molar refractivity (Wildman–Crippen MR) is 106 cm³/mol. The number of fused-ring (bicyclic) bond motifs is 1. The summed E-state index contributed by atoms with van der Waals surface area (Å²) in [7, 11) is 0. The van der Waals surface area contributed by atoms with E-state index in [1.807, 2.05) is 18.3 Å². The van der Waals surface area contributed by atoms with Crippen LogP contribution in [0.25, 0.3) is 22.3 Å². The van der Waals surface area contributed by atoms with Gasteiger partial charge in [-0.05, 0) is 18.9 Å². The van der Waals surface area contributed by atoms with Gasteiger partial charge in [0.25, 0.3) is 0 Å². The van der Waals surface area contributed by atoms with Gasteiger partial charge in [-0.15, -0.1) is 0 Å². The number of hydrogen-bond acceptors (Lipinski definition) is 8. The normalized spacial score (nSPS) is 11.1. The van der Waals surface area contributed by atoms with Gasteiger partial charge in [0, 0.05) is 35.1 Å². The fourth-order valence-electron chi connectivity index (χ4n) is 2.94. The predicted octanol–water partition coefficient (Wildman–Crippen LogP) is 1.42. The molecule has 0 saturated carbocycles. The standard InChI is InChI=1S/C18H19N9O/c1-20-17-18(25-15(9-23-17)13-8-24-26(10-13)5-6-28)27(19)11-12-7-22-16-14(12)3-2-4-21-16/h2-4,7-10,28H,1,5-6,11,19H2,(H,21,22). The van der Waals surface area contributed by atoms with Gasteiger partial charge in [0.15, 0.2) is 11.6 Å². The van der Waals surface area contributed by atoms with E-state index in [-0.39, 0.29) is 6.61 Å². The van der Waals surface area contributed by atoms with Crippen molar-refractivity contribution in [3.63, 3.8) is 0 Å². The Morgan fingerprint density at radius 3 is 3.04 bits per heavy atom. The van der Waals surface area contributed by atoms with Gasteiger partial charge in [-0.3, -0.25) is 9.69 Å². The highest BCUT2D eigenvalue weighted by Gasteiger charge is 2.16. The maximum absolute atomic E-state index is 9.04. The summed E-state index contributed by atoms with van der Waals surface area (Å²) in [6, 6.07) is 3.86. The number of hydrogen-bond donors (Lipinski definition) is 3. The topological polar surface area (TPSA) is 134 Å². The Balaban J connectivity index is 1.66. The van der Waals surface area contributed by atoms with Gasteiger partial charge in [-0.2, -0.15) is 5.10 Å². The number of nitrogens with two attached hydrogens (primary N) is 1. The van der Waals surface area contributed by atoms with E-state index in [2.05, 4.69) is 36.7 Å². The Morgan fingerprint density at radius 1 is 1.32 bits per heavy atom. The number of aromatic amines is 1. The average molecular weight is 377 g/mol. The van der Waals surface area contributed by atoms with Gasteiger partial charge in [-0.25, -0.2) is 25.8 Å². The number of rotatable bonds is 7. The lowest BCUT2D eigenvalue weighted by molar-refractivity contribution is 0.269. The second-order valence-electron chi connectivity index (χ2n) is 6.12. The summed E-state index contributed by atoms with van der Waals surface area (Å²) >= 11 is 0. The van der Waals surface area contributed by atoms with Crippen LogP contribution in [0, 0.1) is 0 Å². The molecule has 4 rings (SSSR count). The first kappa shape index (κ1) is 17.8. The molecule has 0 unspecified atom stereocenters. The number of H-pyrrole nitrogens is 1. The average Bonchev–Trinajstić information content (AvgIpc) is 3.35. The Bertz CT molecular complexity index is 1120. The molecule has 0 radical (unpaired) electrons. The van der Waals surface area contributed by atoms with E-state index in [1.165, 1.54) is 5.01 Å². The highest BCUT2D eigenvalue weighted by atomic mass is 16.3. The van der Waals surface area contributed by atoms with Gasteiger partial charge in [0.05, 0.1) is 37.8 Å². The molecule has 4 aromatic rings. The number of aliphatic hydroxyl groups excluding tert-OH is 1. The molecule has 0 spiro atoms. The third-order valence-electron chi connectivity index (χ3n) is 4.29. The summed E-state index contributed by atoms with van der Waals surface area (Å²) in [6.07, 6.45) is 8.65. The molecule has 0 aliphatic heterocycles. The van der Waals surface area contributed by atoms with Crippen molar-refractivity contribution in [1.29, 1.82) is 0 Å². The Labute approximate surface area is 160 Å². The molecule has 0 aliphatic rings. The van der Waals surface area contributed by atoms with E-state index in [4.69, 9.17) is 10.9 Å². The molecular weight excluding hydrogens is 358 g/mol. The zero-order valence-electron chi connectivity index (χ0n) is 15.0. The van der Waals surface area contributed by atoms with Gasteiger partial charge >= 0.3 is 0 Å². The van der Waals surface area contributed by atoms with Crippen LogP contribution in [0.2, 0.25) is 0 Å². The van der Waals surface area contributed by atoms with E-state index < -0.39 is 0 Å². The number of aliphatic imine (C=N–C) groups is 1. The largest absolute Gasteiger partial charge is 0.394 e. The fraction of sp³-hybridized carbons (Fsp3) is 0.167. The lowest BCUT2D eigenvalue weighted by Crippen LogP contribution is -2.31. The minimum absolute atomic E-state index is 0.00737. The third kappa shape index (κ3) is 3.33. The molecule has 0 saturated heterocycles. The summed E-state index contributed by atoms with van der Waals surface area (Å²) in [5.41, 5.74) is 3.14. The van der Waals surface area contributed by atoms with Gasteiger partial charge in [0.2, 0.25) is 0 Å². The molecular formula is C18H19N9O. The molecule has 0 fully saturated rings. The molecule has 142 valence electrons. The molecule has 0 atom stereocenters. The van der Waals surface area contributed by atoms with E-state index >= 15 is 0 Å². The molecule has 10 heteroatoms. The van der Waals surface area contributed by atoms with E-state index in [0.717, 1.165) is 22.2 Å². The fourth-order valence-corrected chi connectivity index (χ4v) is 2.94. The Morgan fingerprint density at radius 2 is 2.21 bits per heavy atom. The highest BCUT2D eigenvalue weighted by Crippen LogP contribution is 2.28. The maximum Gasteiger partial charge on any atom is 0.196 e. The van der Waals surface area contributed by atoms with Crippen LogP contribution in [-0.2, 0) is 13.1 Å². The molecule has 0 bridgehead atoms. The van der Waals surface area contributed by atoms with Crippen molar-refractivity contribution in [3.8, 4) is 11.3 Å². The van der Waals surface area contributed by atoms with Crippen LogP contribution in [0.15, 0.2) is 48.1 Å². The van der Waals surface area contributed by atoms with Crippen molar-refractivity contribution in [3.05, 3.63) is 48.7 Å². The molecule has 4 aromatic heterocycles.